The van der Waals surface area contributed by atoms with E-state index < -0.39 is 6.04 Å². The highest BCUT2D eigenvalue weighted by Crippen LogP contribution is 2.28. The smallest absolute Gasteiger partial charge is 0.328 e. The summed E-state index contributed by atoms with van der Waals surface area (Å²) in [6.07, 6.45) is 2.92. The van der Waals surface area contributed by atoms with Crippen molar-refractivity contribution in [1.29, 1.82) is 0 Å². The maximum Gasteiger partial charge on any atom is 0.328 e. The highest BCUT2D eigenvalue weighted by Gasteiger charge is 2.33. The highest BCUT2D eigenvalue weighted by atomic mass is 79.9. The minimum atomic E-state index is -0.430. The number of carbonyl (C=O) groups excluding carboxylic acids is 2. The summed E-state index contributed by atoms with van der Waals surface area (Å²) in [6.45, 7) is 8.90. The molecule has 0 spiro atoms. The van der Waals surface area contributed by atoms with Gasteiger partial charge in [0.25, 0.3) is 0 Å². The largest absolute Gasteiger partial charge is 0.464 e. The summed E-state index contributed by atoms with van der Waals surface area (Å²) < 4.78 is 6.21. The Bertz CT molecular complexity index is 642. The van der Waals surface area contributed by atoms with Crippen molar-refractivity contribution in [2.24, 2.45) is 0 Å². The SMILES string of the molecule is CCOC(=O)C1CCCCN1C(=O)Cc1c(C)cc(C)c(Br)c1C. The fourth-order valence-corrected chi connectivity index (χ4v) is 3.79. The molecular formula is C19H26BrNO3. The molecule has 4 nitrogen and oxygen atoms in total. The third-order valence-electron chi connectivity index (χ3n) is 4.75. The fraction of sp³-hybridized carbons (Fsp3) is 0.579. The second-order valence-electron chi connectivity index (χ2n) is 6.46. The summed E-state index contributed by atoms with van der Waals surface area (Å²) in [5.74, 6) is -0.265. The number of ether oxygens (including phenoxy) is 1. The molecule has 0 bridgehead atoms. The summed E-state index contributed by atoms with van der Waals surface area (Å²) in [5.41, 5.74) is 4.44. The minimum Gasteiger partial charge on any atom is -0.464 e. The van der Waals surface area contributed by atoms with Crippen molar-refractivity contribution in [2.75, 3.05) is 13.2 Å². The Morgan fingerprint density at radius 3 is 2.62 bits per heavy atom. The molecule has 1 unspecified atom stereocenters. The van der Waals surface area contributed by atoms with Crippen LogP contribution in [0.3, 0.4) is 0 Å². The standard InChI is InChI=1S/C19H26BrNO3/c1-5-24-19(23)16-8-6-7-9-21(16)17(22)11-15-12(2)10-13(3)18(20)14(15)4/h10,16H,5-9,11H2,1-4H3. The number of hydrogen-bond donors (Lipinski definition) is 0. The second-order valence-corrected chi connectivity index (χ2v) is 7.25. The Morgan fingerprint density at radius 2 is 1.96 bits per heavy atom. The molecule has 1 saturated heterocycles. The number of likely N-dealkylation sites (tertiary alicyclic amines) is 1. The van der Waals surface area contributed by atoms with Gasteiger partial charge < -0.3 is 9.64 Å². The molecule has 0 N–H and O–H groups in total. The van der Waals surface area contributed by atoms with Gasteiger partial charge in [-0.3, -0.25) is 4.79 Å². The zero-order chi connectivity index (χ0) is 17.9. The number of amides is 1. The maximum absolute atomic E-state index is 12.9. The Labute approximate surface area is 152 Å². The van der Waals surface area contributed by atoms with Gasteiger partial charge in [0, 0.05) is 11.0 Å². The predicted octanol–water partition coefficient (Wildman–Crippen LogP) is 3.86. The zero-order valence-electron chi connectivity index (χ0n) is 14.9. The lowest BCUT2D eigenvalue weighted by molar-refractivity contribution is -0.156. The van der Waals surface area contributed by atoms with Crippen LogP contribution in [0.15, 0.2) is 10.5 Å². The van der Waals surface area contributed by atoms with E-state index in [1.807, 2.05) is 13.8 Å². The lowest BCUT2D eigenvalue weighted by atomic mass is 9.95. The average Bonchev–Trinajstić information content (AvgIpc) is 2.57. The van der Waals surface area contributed by atoms with E-state index >= 15 is 0 Å². The van der Waals surface area contributed by atoms with E-state index in [0.29, 0.717) is 26.0 Å². The molecule has 5 heteroatoms. The van der Waals surface area contributed by atoms with Crippen LogP contribution in [0.25, 0.3) is 0 Å². The van der Waals surface area contributed by atoms with Gasteiger partial charge in [-0.2, -0.15) is 0 Å². The zero-order valence-corrected chi connectivity index (χ0v) is 16.5. The molecule has 1 amide bonds. The molecule has 0 aromatic heterocycles. The van der Waals surface area contributed by atoms with Crippen LogP contribution < -0.4 is 0 Å². The predicted molar refractivity (Wildman–Crippen MR) is 98.0 cm³/mol. The number of nitrogens with zero attached hydrogens (tertiary/aromatic N) is 1. The quantitative estimate of drug-likeness (QED) is 0.727. The van der Waals surface area contributed by atoms with Gasteiger partial charge in [-0.05, 0) is 69.2 Å². The summed E-state index contributed by atoms with van der Waals surface area (Å²) in [5, 5.41) is 0. The molecule has 1 aromatic rings. The minimum absolute atomic E-state index is 0.00899. The van der Waals surface area contributed by atoms with Crippen molar-refractivity contribution in [3.63, 3.8) is 0 Å². The van der Waals surface area contributed by atoms with Gasteiger partial charge in [-0.1, -0.05) is 22.0 Å². The first-order valence-corrected chi connectivity index (χ1v) is 9.37. The summed E-state index contributed by atoms with van der Waals surface area (Å²) >= 11 is 3.61. The van der Waals surface area contributed by atoms with Gasteiger partial charge >= 0.3 is 5.97 Å². The van der Waals surface area contributed by atoms with Gasteiger partial charge in [0.05, 0.1) is 13.0 Å². The van der Waals surface area contributed by atoms with Crippen LogP contribution in [0.4, 0.5) is 0 Å². The van der Waals surface area contributed by atoms with Crippen LogP contribution in [0.2, 0.25) is 0 Å². The van der Waals surface area contributed by atoms with Crippen molar-refractivity contribution in [3.8, 4) is 0 Å². The van der Waals surface area contributed by atoms with Crippen LogP contribution in [0, 0.1) is 20.8 Å². The van der Waals surface area contributed by atoms with Gasteiger partial charge in [-0.15, -0.1) is 0 Å². The van der Waals surface area contributed by atoms with Crippen LogP contribution in [0.1, 0.15) is 48.4 Å². The average molecular weight is 396 g/mol. The third-order valence-corrected chi connectivity index (χ3v) is 5.97. The van der Waals surface area contributed by atoms with Crippen molar-refractivity contribution in [2.45, 2.75) is 59.4 Å². The fourth-order valence-electron chi connectivity index (χ4n) is 3.44. The molecule has 0 saturated carbocycles. The topological polar surface area (TPSA) is 46.6 Å². The van der Waals surface area contributed by atoms with Gasteiger partial charge in [0.1, 0.15) is 6.04 Å². The number of piperidine rings is 1. The van der Waals surface area contributed by atoms with Gasteiger partial charge in [-0.25, -0.2) is 4.79 Å². The molecule has 1 fully saturated rings. The Kier molecular flexibility index (Phi) is 6.44. The maximum atomic E-state index is 12.9. The van der Waals surface area contributed by atoms with Crippen LogP contribution >= 0.6 is 15.9 Å². The van der Waals surface area contributed by atoms with Crippen molar-refractivity contribution < 1.29 is 14.3 Å². The van der Waals surface area contributed by atoms with E-state index in [0.717, 1.165) is 34.0 Å². The molecule has 132 valence electrons. The number of carbonyl (C=O) groups is 2. The van der Waals surface area contributed by atoms with E-state index in [-0.39, 0.29) is 11.9 Å². The summed E-state index contributed by atoms with van der Waals surface area (Å²) in [7, 11) is 0. The molecule has 1 aliphatic heterocycles. The van der Waals surface area contributed by atoms with Crippen molar-refractivity contribution in [1.82, 2.24) is 4.90 Å². The molecule has 1 aromatic carbocycles. The lowest BCUT2D eigenvalue weighted by Gasteiger charge is -2.34. The van der Waals surface area contributed by atoms with E-state index in [4.69, 9.17) is 4.74 Å². The van der Waals surface area contributed by atoms with E-state index in [1.54, 1.807) is 11.8 Å². The summed E-state index contributed by atoms with van der Waals surface area (Å²) in [4.78, 5) is 26.8. The van der Waals surface area contributed by atoms with Crippen LogP contribution in [-0.2, 0) is 20.7 Å². The molecule has 1 heterocycles. The third kappa shape index (κ3) is 4.00. The first-order chi connectivity index (χ1) is 11.4. The Hall–Kier alpha value is -1.36. The molecular weight excluding hydrogens is 370 g/mol. The number of rotatable bonds is 4. The van der Waals surface area contributed by atoms with Crippen molar-refractivity contribution >= 4 is 27.8 Å². The lowest BCUT2D eigenvalue weighted by Crippen LogP contribution is -2.49. The normalized spacial score (nSPS) is 17.7. The first-order valence-electron chi connectivity index (χ1n) is 8.58. The van der Waals surface area contributed by atoms with Crippen LogP contribution in [-0.4, -0.2) is 36.0 Å². The number of esters is 1. The summed E-state index contributed by atoms with van der Waals surface area (Å²) in [6, 6.07) is 1.67. The first kappa shape index (κ1) is 19.0. The molecule has 24 heavy (non-hydrogen) atoms. The Morgan fingerprint density at radius 1 is 1.25 bits per heavy atom. The molecule has 0 radical (unpaired) electrons. The Balaban J connectivity index is 2.22. The number of hydrogen-bond acceptors (Lipinski definition) is 3. The number of benzene rings is 1. The van der Waals surface area contributed by atoms with Crippen molar-refractivity contribution in [3.05, 3.63) is 32.8 Å². The van der Waals surface area contributed by atoms with Crippen LogP contribution in [0.5, 0.6) is 0 Å². The van der Waals surface area contributed by atoms with Gasteiger partial charge in [0.2, 0.25) is 5.91 Å². The molecule has 1 aliphatic rings. The number of aryl methyl sites for hydroxylation is 2. The highest BCUT2D eigenvalue weighted by molar-refractivity contribution is 9.10. The van der Waals surface area contributed by atoms with E-state index in [1.165, 1.54) is 5.56 Å². The van der Waals surface area contributed by atoms with E-state index in [2.05, 4.69) is 28.9 Å². The van der Waals surface area contributed by atoms with Gasteiger partial charge in [0.15, 0.2) is 0 Å². The number of halogens is 1. The van der Waals surface area contributed by atoms with E-state index in [9.17, 15) is 9.59 Å². The monoisotopic (exact) mass is 395 g/mol. The molecule has 1 atom stereocenters. The molecule has 2 rings (SSSR count). The molecule has 0 aliphatic carbocycles. The second kappa shape index (κ2) is 8.15.